The molecule has 0 aliphatic carbocycles. The van der Waals surface area contributed by atoms with Gasteiger partial charge in [0.05, 0.1) is 4.92 Å². The van der Waals surface area contributed by atoms with Crippen molar-refractivity contribution in [1.29, 1.82) is 0 Å². The summed E-state index contributed by atoms with van der Waals surface area (Å²) < 4.78 is 0. The first-order valence-electron chi connectivity index (χ1n) is 3.12. The topological polar surface area (TPSA) is 101 Å². The first-order chi connectivity index (χ1) is 5.11. The predicted octanol–water partition coefficient (Wildman–Crippen LogP) is 0.661. The average Bonchev–Trinajstić information content (AvgIpc) is 1.94. The molecule has 0 amide bonds. The summed E-state index contributed by atoms with van der Waals surface area (Å²) in [5.41, 5.74) is 6.80. The second-order valence-electron chi connectivity index (χ2n) is 2.30. The highest BCUT2D eigenvalue weighted by atomic mass is 16.6. The zero-order valence-corrected chi connectivity index (χ0v) is 6.57. The molecule has 0 radical (unpaired) electrons. The normalized spacial score (nSPS) is 8.75. The highest BCUT2D eigenvalue weighted by Gasteiger charge is 2.05. The van der Waals surface area contributed by atoms with E-state index in [4.69, 9.17) is 5.73 Å². The van der Waals surface area contributed by atoms with Crippen molar-refractivity contribution < 1.29 is 10.4 Å². The first-order valence-corrected chi connectivity index (χ1v) is 3.12. The van der Waals surface area contributed by atoms with Gasteiger partial charge in [-0.3, -0.25) is 10.1 Å². The Hall–Kier alpha value is -1.62. The van der Waals surface area contributed by atoms with Gasteiger partial charge in [-0.1, -0.05) is 6.07 Å². The molecule has 0 saturated carbocycles. The maximum atomic E-state index is 10.2. The van der Waals surface area contributed by atoms with Crippen LogP contribution in [-0.4, -0.2) is 10.4 Å². The SMILES string of the molecule is Cc1ccc([N+](=O)[O-])cc1N.O. The predicted molar refractivity (Wildman–Crippen MR) is 45.9 cm³/mol. The number of anilines is 1. The standard InChI is InChI=1S/C7H8N2O2.H2O/c1-5-2-3-6(9(10)11)4-7(5)8;/h2-4H,8H2,1H3;1H2. The number of benzene rings is 1. The van der Waals surface area contributed by atoms with E-state index < -0.39 is 4.92 Å². The summed E-state index contributed by atoms with van der Waals surface area (Å²) >= 11 is 0. The van der Waals surface area contributed by atoms with Gasteiger partial charge in [-0.25, -0.2) is 0 Å². The lowest BCUT2D eigenvalue weighted by Crippen LogP contribution is -1.92. The Morgan fingerprint density at radius 3 is 2.50 bits per heavy atom. The summed E-state index contributed by atoms with van der Waals surface area (Å²) in [6.07, 6.45) is 0. The molecule has 0 atom stereocenters. The zero-order valence-electron chi connectivity index (χ0n) is 6.57. The lowest BCUT2D eigenvalue weighted by molar-refractivity contribution is -0.384. The molecule has 0 aliphatic rings. The van der Waals surface area contributed by atoms with E-state index in [1.807, 2.05) is 0 Å². The summed E-state index contributed by atoms with van der Waals surface area (Å²) in [4.78, 5) is 9.75. The fourth-order valence-corrected chi connectivity index (χ4v) is 0.741. The fraction of sp³-hybridized carbons (Fsp3) is 0.143. The molecule has 5 heteroatoms. The second-order valence-corrected chi connectivity index (χ2v) is 2.30. The highest BCUT2D eigenvalue weighted by molar-refractivity contribution is 5.53. The number of nitrogens with zero attached hydrogens (tertiary/aromatic N) is 1. The highest BCUT2D eigenvalue weighted by Crippen LogP contribution is 2.18. The van der Waals surface area contributed by atoms with Crippen LogP contribution in [0.15, 0.2) is 18.2 Å². The minimum atomic E-state index is -0.462. The van der Waals surface area contributed by atoms with Crippen LogP contribution in [0.3, 0.4) is 0 Å². The van der Waals surface area contributed by atoms with Crippen LogP contribution in [-0.2, 0) is 0 Å². The maximum absolute atomic E-state index is 10.2. The van der Waals surface area contributed by atoms with Crippen molar-refractivity contribution in [2.24, 2.45) is 0 Å². The average molecular weight is 170 g/mol. The Morgan fingerprint density at radius 2 is 2.08 bits per heavy atom. The van der Waals surface area contributed by atoms with Crippen molar-refractivity contribution in [3.05, 3.63) is 33.9 Å². The Morgan fingerprint density at radius 1 is 1.50 bits per heavy atom. The molecule has 1 aromatic rings. The van der Waals surface area contributed by atoms with Crippen LogP contribution in [0, 0.1) is 17.0 Å². The zero-order chi connectivity index (χ0) is 8.43. The Balaban J connectivity index is 0.00000121. The molecule has 4 N–H and O–H groups in total. The van der Waals surface area contributed by atoms with Crippen LogP contribution in [0.5, 0.6) is 0 Å². The minimum Gasteiger partial charge on any atom is -0.412 e. The number of hydrogen-bond donors (Lipinski definition) is 1. The minimum absolute atomic E-state index is 0. The smallest absolute Gasteiger partial charge is 0.271 e. The van der Waals surface area contributed by atoms with Gasteiger partial charge in [-0.15, -0.1) is 0 Å². The van der Waals surface area contributed by atoms with Gasteiger partial charge in [0.2, 0.25) is 0 Å². The van der Waals surface area contributed by atoms with Gasteiger partial charge in [0.25, 0.3) is 5.69 Å². The molecule has 0 aliphatic heterocycles. The number of nitro benzene ring substituents is 1. The van der Waals surface area contributed by atoms with Crippen LogP contribution in [0.25, 0.3) is 0 Å². The second kappa shape index (κ2) is 3.68. The summed E-state index contributed by atoms with van der Waals surface area (Å²) in [6.45, 7) is 1.80. The molecule has 1 rings (SSSR count). The van der Waals surface area contributed by atoms with Crippen molar-refractivity contribution in [3.63, 3.8) is 0 Å². The summed E-state index contributed by atoms with van der Waals surface area (Å²) in [5, 5.41) is 10.2. The van der Waals surface area contributed by atoms with Gasteiger partial charge in [0, 0.05) is 17.8 Å². The number of non-ortho nitro benzene ring substituents is 1. The fourth-order valence-electron chi connectivity index (χ4n) is 0.741. The molecule has 0 aromatic heterocycles. The van der Waals surface area contributed by atoms with Gasteiger partial charge in [-0.05, 0) is 12.5 Å². The van der Waals surface area contributed by atoms with Gasteiger partial charge >= 0.3 is 0 Å². The van der Waals surface area contributed by atoms with Crippen LogP contribution in [0.1, 0.15) is 5.56 Å². The molecule has 1 aromatic carbocycles. The molecule has 0 saturated heterocycles. The molecular formula is C7H10N2O3. The van der Waals surface area contributed by atoms with Crippen molar-refractivity contribution >= 4 is 11.4 Å². The number of nitrogens with two attached hydrogens (primary N) is 1. The summed E-state index contributed by atoms with van der Waals surface area (Å²) in [6, 6.07) is 4.43. The molecule has 0 spiro atoms. The third kappa shape index (κ3) is 1.93. The third-order valence-electron chi connectivity index (χ3n) is 1.47. The van der Waals surface area contributed by atoms with E-state index in [2.05, 4.69) is 0 Å². The van der Waals surface area contributed by atoms with E-state index in [1.54, 1.807) is 13.0 Å². The van der Waals surface area contributed by atoms with E-state index in [1.165, 1.54) is 12.1 Å². The quantitative estimate of drug-likeness (QED) is 0.380. The van der Waals surface area contributed by atoms with Crippen molar-refractivity contribution in [3.8, 4) is 0 Å². The lowest BCUT2D eigenvalue weighted by Gasteiger charge is -1.97. The summed E-state index contributed by atoms with van der Waals surface area (Å²) in [7, 11) is 0. The van der Waals surface area contributed by atoms with E-state index in [0.717, 1.165) is 5.56 Å². The molecule has 5 nitrogen and oxygen atoms in total. The third-order valence-corrected chi connectivity index (χ3v) is 1.47. The van der Waals surface area contributed by atoms with E-state index in [0.29, 0.717) is 5.69 Å². The molecule has 0 unspecified atom stereocenters. The van der Waals surface area contributed by atoms with Crippen molar-refractivity contribution in [2.45, 2.75) is 6.92 Å². The van der Waals surface area contributed by atoms with E-state index >= 15 is 0 Å². The Bertz CT molecular complexity index is 299. The molecule has 66 valence electrons. The van der Waals surface area contributed by atoms with E-state index in [9.17, 15) is 10.1 Å². The number of nitrogen functional groups attached to an aromatic ring is 1. The van der Waals surface area contributed by atoms with Gasteiger partial charge in [0.15, 0.2) is 0 Å². The maximum Gasteiger partial charge on any atom is 0.271 e. The Labute approximate surface area is 69.3 Å². The molecule has 12 heavy (non-hydrogen) atoms. The van der Waals surface area contributed by atoms with Gasteiger partial charge in [-0.2, -0.15) is 0 Å². The Kier molecular flexibility index (Phi) is 3.18. The van der Waals surface area contributed by atoms with Gasteiger partial charge in [0.1, 0.15) is 0 Å². The molecule has 0 bridgehead atoms. The lowest BCUT2D eigenvalue weighted by atomic mass is 10.2. The first kappa shape index (κ1) is 10.4. The van der Waals surface area contributed by atoms with Crippen LogP contribution < -0.4 is 5.73 Å². The van der Waals surface area contributed by atoms with E-state index in [-0.39, 0.29) is 11.2 Å². The number of rotatable bonds is 1. The van der Waals surface area contributed by atoms with Gasteiger partial charge < -0.3 is 11.2 Å². The molecular weight excluding hydrogens is 160 g/mol. The van der Waals surface area contributed by atoms with Crippen LogP contribution in [0.4, 0.5) is 11.4 Å². The summed E-state index contributed by atoms with van der Waals surface area (Å²) in [5.74, 6) is 0. The molecule has 0 heterocycles. The van der Waals surface area contributed by atoms with Crippen LogP contribution in [0.2, 0.25) is 0 Å². The number of nitro groups is 1. The number of hydrogen-bond acceptors (Lipinski definition) is 3. The largest absolute Gasteiger partial charge is 0.412 e. The van der Waals surface area contributed by atoms with Crippen molar-refractivity contribution in [1.82, 2.24) is 0 Å². The van der Waals surface area contributed by atoms with Crippen LogP contribution >= 0.6 is 0 Å². The number of aryl methyl sites for hydroxylation is 1. The van der Waals surface area contributed by atoms with Crippen molar-refractivity contribution in [2.75, 3.05) is 5.73 Å². The molecule has 0 fully saturated rings. The monoisotopic (exact) mass is 170 g/mol.